The number of amides is 1. The number of benzene rings is 1. The number of carbonyl (C=O) groups excluding carboxylic acids is 1. The number of nitrogens with zero attached hydrogens (tertiary/aromatic N) is 3. The number of nitrogens with two attached hydrogens (primary N) is 1. The second-order valence-corrected chi connectivity index (χ2v) is 9.08. The second kappa shape index (κ2) is 8.68. The summed E-state index contributed by atoms with van der Waals surface area (Å²) in [6.07, 6.45) is -0.0419. The SMILES string of the molecule is [C-]#[N+]c1ccc(C(=O)Nc2ccc(F)c([C@]34CO[C@@H](C(C)(F)F)C[C@H]3CSC(N)=N4)c2)nc1. The first-order valence-corrected chi connectivity index (χ1v) is 11.0. The molecule has 33 heavy (non-hydrogen) atoms. The van der Waals surface area contributed by atoms with Crippen LogP contribution in [0, 0.1) is 18.3 Å². The van der Waals surface area contributed by atoms with Crippen LogP contribution in [0.15, 0.2) is 41.5 Å². The molecule has 1 saturated heterocycles. The van der Waals surface area contributed by atoms with E-state index in [4.69, 9.17) is 17.0 Å². The van der Waals surface area contributed by atoms with Crippen LogP contribution >= 0.6 is 11.8 Å². The Morgan fingerprint density at radius 3 is 2.85 bits per heavy atom. The summed E-state index contributed by atoms with van der Waals surface area (Å²) in [6, 6.07) is 6.86. The number of ether oxygens (including phenoxy) is 1. The van der Waals surface area contributed by atoms with E-state index >= 15 is 4.39 Å². The molecule has 2 aliphatic rings. The lowest BCUT2D eigenvalue weighted by Crippen LogP contribution is -2.53. The van der Waals surface area contributed by atoms with Crippen molar-refractivity contribution in [1.82, 2.24) is 4.98 Å². The van der Waals surface area contributed by atoms with Crippen molar-refractivity contribution in [3.63, 3.8) is 0 Å². The minimum Gasteiger partial charge on any atom is -0.379 e. The number of pyridine rings is 1. The number of aliphatic imine (C=N–C) groups is 1. The van der Waals surface area contributed by atoms with Gasteiger partial charge in [-0.05, 0) is 30.7 Å². The number of amidine groups is 1. The zero-order valence-corrected chi connectivity index (χ0v) is 18.3. The molecule has 0 unspecified atom stereocenters. The summed E-state index contributed by atoms with van der Waals surface area (Å²) < 4.78 is 48.4. The van der Waals surface area contributed by atoms with Crippen molar-refractivity contribution in [2.24, 2.45) is 16.6 Å². The molecule has 0 spiro atoms. The molecular formula is C22H20F3N5O2S. The zero-order valence-electron chi connectivity index (χ0n) is 17.5. The third kappa shape index (κ3) is 4.54. The van der Waals surface area contributed by atoms with Gasteiger partial charge in [0.2, 0.25) is 5.69 Å². The molecule has 3 heterocycles. The maximum Gasteiger partial charge on any atom is 0.274 e. The number of halogens is 3. The molecule has 11 heteroatoms. The van der Waals surface area contributed by atoms with Crippen LogP contribution < -0.4 is 11.1 Å². The lowest BCUT2D eigenvalue weighted by Gasteiger charge is -2.47. The van der Waals surface area contributed by atoms with Gasteiger partial charge in [0.25, 0.3) is 11.8 Å². The van der Waals surface area contributed by atoms with E-state index in [-0.39, 0.29) is 35.1 Å². The first kappa shape index (κ1) is 23.1. The Hall–Kier alpha value is -3.10. The molecule has 0 bridgehead atoms. The van der Waals surface area contributed by atoms with Gasteiger partial charge in [0.1, 0.15) is 23.2 Å². The molecular weight excluding hydrogens is 455 g/mol. The molecule has 1 aromatic heterocycles. The summed E-state index contributed by atoms with van der Waals surface area (Å²) in [5.74, 6) is -4.26. The molecule has 1 fully saturated rings. The van der Waals surface area contributed by atoms with Crippen molar-refractivity contribution < 1.29 is 22.7 Å². The quantitative estimate of drug-likeness (QED) is 0.642. The predicted molar refractivity (Wildman–Crippen MR) is 119 cm³/mol. The minimum absolute atomic E-state index is 0.0133. The third-order valence-electron chi connectivity index (χ3n) is 5.79. The third-order valence-corrected chi connectivity index (χ3v) is 6.74. The fourth-order valence-corrected chi connectivity index (χ4v) is 5.05. The van der Waals surface area contributed by atoms with Crippen molar-refractivity contribution >= 4 is 34.2 Å². The van der Waals surface area contributed by atoms with Gasteiger partial charge in [0.05, 0.1) is 13.2 Å². The monoisotopic (exact) mass is 475 g/mol. The number of carbonyl (C=O) groups is 1. The van der Waals surface area contributed by atoms with E-state index in [2.05, 4.69) is 20.1 Å². The minimum atomic E-state index is -3.05. The molecule has 0 radical (unpaired) electrons. The van der Waals surface area contributed by atoms with Crippen LogP contribution in [-0.4, -0.2) is 40.4 Å². The molecule has 172 valence electrons. The molecule has 1 amide bonds. The normalized spacial score (nSPS) is 24.9. The smallest absolute Gasteiger partial charge is 0.274 e. The first-order chi connectivity index (χ1) is 15.6. The van der Waals surface area contributed by atoms with Crippen LogP contribution in [0.25, 0.3) is 4.85 Å². The van der Waals surface area contributed by atoms with Crippen LogP contribution in [0.5, 0.6) is 0 Å². The fraction of sp³-hybridized carbons (Fsp3) is 0.364. The zero-order chi connectivity index (χ0) is 23.8. The summed E-state index contributed by atoms with van der Waals surface area (Å²) in [7, 11) is 0. The van der Waals surface area contributed by atoms with Crippen LogP contribution in [-0.2, 0) is 10.3 Å². The van der Waals surface area contributed by atoms with Gasteiger partial charge in [0.15, 0.2) is 5.17 Å². The Labute approximate surface area is 192 Å². The van der Waals surface area contributed by atoms with Crippen LogP contribution in [0.1, 0.15) is 29.4 Å². The summed E-state index contributed by atoms with van der Waals surface area (Å²) in [6.45, 7) is 7.49. The van der Waals surface area contributed by atoms with E-state index in [9.17, 15) is 13.6 Å². The summed E-state index contributed by atoms with van der Waals surface area (Å²) >= 11 is 1.24. The molecule has 0 saturated carbocycles. The van der Waals surface area contributed by atoms with E-state index in [1.807, 2.05) is 0 Å². The number of anilines is 1. The van der Waals surface area contributed by atoms with Gasteiger partial charge in [-0.15, -0.1) is 0 Å². The Morgan fingerprint density at radius 2 is 2.18 bits per heavy atom. The number of aromatic nitrogens is 1. The Kier molecular flexibility index (Phi) is 6.07. The molecule has 4 rings (SSSR count). The van der Waals surface area contributed by atoms with Crippen molar-refractivity contribution in [1.29, 1.82) is 0 Å². The van der Waals surface area contributed by atoms with Crippen molar-refractivity contribution in [2.45, 2.75) is 30.9 Å². The summed E-state index contributed by atoms with van der Waals surface area (Å²) in [5.41, 5.74) is 5.42. The molecule has 2 aliphatic heterocycles. The first-order valence-electron chi connectivity index (χ1n) is 10.0. The average molecular weight is 475 g/mol. The highest BCUT2D eigenvalue weighted by Gasteiger charge is 2.53. The highest BCUT2D eigenvalue weighted by molar-refractivity contribution is 8.13. The van der Waals surface area contributed by atoms with E-state index in [1.165, 1.54) is 48.3 Å². The van der Waals surface area contributed by atoms with Crippen molar-refractivity contribution in [3.05, 3.63) is 65.0 Å². The van der Waals surface area contributed by atoms with Crippen molar-refractivity contribution in [3.8, 4) is 0 Å². The molecule has 7 nitrogen and oxygen atoms in total. The second-order valence-electron chi connectivity index (χ2n) is 8.04. The van der Waals surface area contributed by atoms with E-state index in [0.29, 0.717) is 11.4 Å². The summed E-state index contributed by atoms with van der Waals surface area (Å²) in [4.78, 5) is 24.2. The van der Waals surface area contributed by atoms with Crippen LogP contribution in [0.2, 0.25) is 0 Å². The Bertz CT molecular complexity index is 1150. The van der Waals surface area contributed by atoms with Gasteiger partial charge in [-0.1, -0.05) is 17.8 Å². The molecule has 3 atom stereocenters. The highest BCUT2D eigenvalue weighted by atomic mass is 32.2. The lowest BCUT2D eigenvalue weighted by molar-refractivity contribution is -0.170. The van der Waals surface area contributed by atoms with Gasteiger partial charge in [0, 0.05) is 36.0 Å². The van der Waals surface area contributed by atoms with Gasteiger partial charge >= 0.3 is 0 Å². The molecule has 3 N–H and O–H groups in total. The number of nitrogens with one attached hydrogen (secondary N) is 1. The van der Waals surface area contributed by atoms with Gasteiger partial charge in [-0.25, -0.2) is 23.0 Å². The number of thioether (sulfide) groups is 1. The van der Waals surface area contributed by atoms with Crippen LogP contribution in [0.3, 0.4) is 0 Å². The van der Waals surface area contributed by atoms with E-state index in [1.54, 1.807) is 0 Å². The van der Waals surface area contributed by atoms with Gasteiger partial charge in [-0.2, -0.15) is 0 Å². The highest BCUT2D eigenvalue weighted by Crippen LogP contribution is 2.49. The van der Waals surface area contributed by atoms with Gasteiger partial charge in [-0.3, -0.25) is 9.78 Å². The standard InChI is InChI=1S/C22H20F3N5O2S/c1-21(24,25)18-7-12-10-33-20(26)30-22(12,11-32-18)15-8-13(3-5-16(15)23)29-19(31)17-6-4-14(27-2)9-28-17/h3-6,8-9,12,18H,7,10-11H2,1H3,(H2,26,30)(H,29,31)/t12-,18+,22-/m0/s1. The Balaban J connectivity index is 1.66. The maximum absolute atomic E-state index is 15.0. The number of fused-ring (bicyclic) bond motifs is 1. The number of hydrogen-bond acceptors (Lipinski definition) is 6. The Morgan fingerprint density at radius 1 is 1.39 bits per heavy atom. The summed E-state index contributed by atoms with van der Waals surface area (Å²) in [5, 5.41) is 2.86. The maximum atomic E-state index is 15.0. The van der Waals surface area contributed by atoms with Gasteiger partial charge < -0.3 is 15.8 Å². The van der Waals surface area contributed by atoms with Crippen molar-refractivity contribution in [2.75, 3.05) is 17.7 Å². The number of hydrogen-bond donors (Lipinski definition) is 2. The van der Waals surface area contributed by atoms with E-state index < -0.39 is 35.2 Å². The number of rotatable bonds is 4. The predicted octanol–water partition coefficient (Wildman–Crippen LogP) is 4.34. The number of alkyl halides is 2. The molecule has 2 aromatic rings. The van der Waals surface area contributed by atoms with Crippen LogP contribution in [0.4, 0.5) is 24.5 Å². The molecule has 1 aromatic carbocycles. The molecule has 0 aliphatic carbocycles. The average Bonchev–Trinajstić information content (AvgIpc) is 2.79. The lowest BCUT2D eigenvalue weighted by atomic mass is 9.74. The topological polar surface area (TPSA) is 94.0 Å². The van der Waals surface area contributed by atoms with E-state index in [0.717, 1.165) is 6.92 Å². The fourth-order valence-electron chi connectivity index (χ4n) is 4.04. The largest absolute Gasteiger partial charge is 0.379 e.